The van der Waals surface area contributed by atoms with Gasteiger partial charge in [-0.05, 0) is 26.0 Å². The third kappa shape index (κ3) is 3.79. The zero-order chi connectivity index (χ0) is 16.9. The molecular weight excluding hydrogens is 304 g/mol. The largest absolute Gasteiger partial charge is 0.337 e. The van der Waals surface area contributed by atoms with Crippen LogP contribution in [0.2, 0.25) is 0 Å². The molecule has 1 aliphatic heterocycles. The Kier molecular flexibility index (Phi) is 5.20. The van der Waals surface area contributed by atoms with Crippen LogP contribution in [0.1, 0.15) is 35.9 Å². The molecule has 24 heavy (non-hydrogen) atoms. The van der Waals surface area contributed by atoms with Crippen LogP contribution in [0.3, 0.4) is 0 Å². The highest BCUT2D eigenvalue weighted by Gasteiger charge is 2.30. The third-order valence-corrected chi connectivity index (χ3v) is 4.42. The summed E-state index contributed by atoms with van der Waals surface area (Å²) in [4.78, 5) is 25.3. The zero-order valence-electron chi connectivity index (χ0n) is 14.3. The van der Waals surface area contributed by atoms with E-state index >= 15 is 0 Å². The first-order valence-electron chi connectivity index (χ1n) is 8.45. The second kappa shape index (κ2) is 7.53. The average molecular weight is 328 g/mol. The van der Waals surface area contributed by atoms with Gasteiger partial charge in [-0.1, -0.05) is 6.92 Å². The normalized spacial score (nSPS) is 17.6. The lowest BCUT2D eigenvalue weighted by atomic mass is 10.2. The maximum atomic E-state index is 12.6. The average Bonchev–Trinajstić information content (AvgIpc) is 3.25. The van der Waals surface area contributed by atoms with E-state index in [2.05, 4.69) is 33.9 Å². The number of aryl methyl sites for hydroxylation is 1. The van der Waals surface area contributed by atoms with Crippen LogP contribution in [0.15, 0.2) is 30.9 Å². The van der Waals surface area contributed by atoms with Gasteiger partial charge in [0.05, 0.1) is 18.3 Å². The smallest absolute Gasteiger partial charge is 0.257 e. The number of rotatable bonds is 6. The van der Waals surface area contributed by atoms with E-state index in [1.54, 1.807) is 18.6 Å². The Morgan fingerprint density at radius 1 is 1.38 bits per heavy atom. The van der Waals surface area contributed by atoms with Gasteiger partial charge in [-0.25, -0.2) is 9.97 Å². The van der Waals surface area contributed by atoms with E-state index in [0.717, 1.165) is 38.3 Å². The fourth-order valence-corrected chi connectivity index (χ4v) is 3.06. The predicted octanol–water partition coefficient (Wildman–Crippen LogP) is 1.43. The molecule has 0 bridgehead atoms. The Morgan fingerprint density at radius 2 is 2.17 bits per heavy atom. The molecule has 1 aliphatic rings. The van der Waals surface area contributed by atoms with Crippen molar-refractivity contribution in [1.82, 2.24) is 29.5 Å². The summed E-state index contributed by atoms with van der Waals surface area (Å²) in [5.41, 5.74) is 0.679. The van der Waals surface area contributed by atoms with Gasteiger partial charge in [0.25, 0.3) is 5.91 Å². The quantitative estimate of drug-likeness (QED) is 0.802. The van der Waals surface area contributed by atoms with Gasteiger partial charge in [0, 0.05) is 44.3 Å². The van der Waals surface area contributed by atoms with Crippen LogP contribution < -0.4 is 0 Å². The van der Waals surface area contributed by atoms with Crippen molar-refractivity contribution in [2.24, 2.45) is 0 Å². The molecule has 3 heterocycles. The SMILES string of the molecule is CCCn1cc(C(=O)N2CC[C@@H](N(C)Cc3ncccn3)C2)cn1. The number of likely N-dealkylation sites (tertiary alicyclic amines) is 1. The number of hydrogen-bond acceptors (Lipinski definition) is 5. The molecule has 0 aromatic carbocycles. The standard InChI is InChI=1S/C17H24N6O/c1-3-8-23-11-14(10-20-23)17(24)22-9-5-15(12-22)21(2)13-16-18-6-4-7-19-16/h4,6-7,10-11,15H,3,5,8-9,12-13H2,1-2H3/t15-/m1/s1. The van der Waals surface area contributed by atoms with Crippen LogP contribution in [-0.4, -0.2) is 61.6 Å². The van der Waals surface area contributed by atoms with Crippen molar-refractivity contribution in [2.45, 2.75) is 38.9 Å². The van der Waals surface area contributed by atoms with E-state index in [9.17, 15) is 4.79 Å². The molecule has 0 N–H and O–H groups in total. The Morgan fingerprint density at radius 3 is 2.92 bits per heavy atom. The van der Waals surface area contributed by atoms with Crippen LogP contribution in [0.5, 0.6) is 0 Å². The molecule has 2 aromatic rings. The maximum Gasteiger partial charge on any atom is 0.257 e. The Hall–Kier alpha value is -2.28. The first kappa shape index (κ1) is 16.6. The second-order valence-electron chi connectivity index (χ2n) is 6.27. The van der Waals surface area contributed by atoms with Gasteiger partial charge in [0.1, 0.15) is 5.82 Å². The number of nitrogens with zero attached hydrogens (tertiary/aromatic N) is 6. The zero-order valence-corrected chi connectivity index (χ0v) is 14.3. The van der Waals surface area contributed by atoms with E-state index in [1.807, 2.05) is 21.8 Å². The topological polar surface area (TPSA) is 67.2 Å². The minimum Gasteiger partial charge on any atom is -0.337 e. The molecule has 0 saturated carbocycles. The Labute approximate surface area is 142 Å². The molecule has 1 atom stereocenters. The summed E-state index contributed by atoms with van der Waals surface area (Å²) in [5, 5.41) is 4.25. The number of aromatic nitrogens is 4. The molecule has 0 radical (unpaired) electrons. The first-order valence-corrected chi connectivity index (χ1v) is 8.45. The summed E-state index contributed by atoms with van der Waals surface area (Å²) in [5.74, 6) is 0.884. The minimum atomic E-state index is 0.0733. The van der Waals surface area contributed by atoms with Crippen LogP contribution in [0.4, 0.5) is 0 Å². The van der Waals surface area contributed by atoms with Crippen molar-refractivity contribution >= 4 is 5.91 Å². The Bertz CT molecular complexity index is 671. The van der Waals surface area contributed by atoms with Crippen molar-refractivity contribution in [1.29, 1.82) is 0 Å². The highest BCUT2D eigenvalue weighted by Crippen LogP contribution is 2.18. The summed E-state index contributed by atoms with van der Waals surface area (Å²) in [7, 11) is 2.06. The fraction of sp³-hybridized carbons (Fsp3) is 0.529. The predicted molar refractivity (Wildman–Crippen MR) is 90.3 cm³/mol. The lowest BCUT2D eigenvalue weighted by molar-refractivity contribution is 0.0779. The molecule has 0 aliphatic carbocycles. The van der Waals surface area contributed by atoms with Crippen molar-refractivity contribution in [2.75, 3.05) is 20.1 Å². The second-order valence-corrected chi connectivity index (χ2v) is 6.27. The van der Waals surface area contributed by atoms with Gasteiger partial charge in [-0.3, -0.25) is 14.4 Å². The number of likely N-dealkylation sites (N-methyl/N-ethyl adjacent to an activating group) is 1. The molecule has 2 aromatic heterocycles. The van der Waals surface area contributed by atoms with Crippen LogP contribution in [-0.2, 0) is 13.1 Å². The van der Waals surface area contributed by atoms with Gasteiger partial charge < -0.3 is 4.90 Å². The summed E-state index contributed by atoms with van der Waals surface area (Å²) >= 11 is 0. The van der Waals surface area contributed by atoms with Gasteiger partial charge in [-0.2, -0.15) is 5.10 Å². The summed E-state index contributed by atoms with van der Waals surface area (Å²) in [6.45, 7) is 5.15. The summed E-state index contributed by atoms with van der Waals surface area (Å²) in [6, 6.07) is 2.15. The first-order chi connectivity index (χ1) is 11.7. The Balaban J connectivity index is 1.57. The minimum absolute atomic E-state index is 0.0733. The number of hydrogen-bond donors (Lipinski definition) is 0. The molecule has 128 valence electrons. The van der Waals surface area contributed by atoms with Crippen LogP contribution in [0.25, 0.3) is 0 Å². The lowest BCUT2D eigenvalue weighted by Crippen LogP contribution is -2.36. The van der Waals surface area contributed by atoms with Gasteiger partial charge in [-0.15, -0.1) is 0 Å². The van der Waals surface area contributed by atoms with E-state index < -0.39 is 0 Å². The van der Waals surface area contributed by atoms with Crippen molar-refractivity contribution < 1.29 is 4.79 Å². The van der Waals surface area contributed by atoms with E-state index in [-0.39, 0.29) is 5.91 Å². The van der Waals surface area contributed by atoms with Crippen LogP contribution >= 0.6 is 0 Å². The van der Waals surface area contributed by atoms with Crippen molar-refractivity contribution in [3.63, 3.8) is 0 Å². The molecule has 0 spiro atoms. The molecular formula is C17H24N6O. The monoisotopic (exact) mass is 328 g/mol. The number of carbonyl (C=O) groups is 1. The molecule has 3 rings (SSSR count). The highest BCUT2D eigenvalue weighted by atomic mass is 16.2. The molecule has 1 amide bonds. The molecule has 1 saturated heterocycles. The van der Waals surface area contributed by atoms with Gasteiger partial charge in [0.2, 0.25) is 0 Å². The van der Waals surface area contributed by atoms with Crippen molar-refractivity contribution in [3.05, 3.63) is 42.2 Å². The van der Waals surface area contributed by atoms with E-state index in [0.29, 0.717) is 18.2 Å². The maximum absolute atomic E-state index is 12.6. The summed E-state index contributed by atoms with van der Waals surface area (Å²) in [6.07, 6.45) is 9.02. The van der Waals surface area contributed by atoms with E-state index in [4.69, 9.17) is 0 Å². The van der Waals surface area contributed by atoms with Gasteiger partial charge >= 0.3 is 0 Å². The fourth-order valence-electron chi connectivity index (χ4n) is 3.06. The van der Waals surface area contributed by atoms with Crippen LogP contribution in [0, 0.1) is 0 Å². The number of amides is 1. The van der Waals surface area contributed by atoms with Crippen molar-refractivity contribution in [3.8, 4) is 0 Å². The molecule has 1 fully saturated rings. The van der Waals surface area contributed by atoms with Gasteiger partial charge in [0.15, 0.2) is 0 Å². The summed E-state index contributed by atoms with van der Waals surface area (Å²) < 4.78 is 1.83. The molecule has 7 heteroatoms. The highest BCUT2D eigenvalue weighted by molar-refractivity contribution is 5.93. The molecule has 7 nitrogen and oxygen atoms in total. The van der Waals surface area contributed by atoms with E-state index in [1.165, 1.54) is 0 Å². The third-order valence-electron chi connectivity index (χ3n) is 4.42. The lowest BCUT2D eigenvalue weighted by Gasteiger charge is -2.23. The number of carbonyl (C=O) groups excluding carboxylic acids is 1. The molecule has 0 unspecified atom stereocenters.